The van der Waals surface area contributed by atoms with Gasteiger partial charge in [0.25, 0.3) is 0 Å². The van der Waals surface area contributed by atoms with Crippen LogP contribution in [0.15, 0.2) is 12.2 Å². The molecule has 0 bridgehead atoms. The Balaban J connectivity index is 4.02. The van der Waals surface area contributed by atoms with E-state index in [4.69, 9.17) is 10.2 Å². The molecule has 0 saturated carbocycles. The summed E-state index contributed by atoms with van der Waals surface area (Å²) in [5, 5.41) is 16.9. The lowest BCUT2D eigenvalue weighted by molar-refractivity contribution is -0.140. The highest BCUT2D eigenvalue weighted by atomic mass is 16.4. The van der Waals surface area contributed by atoms with Crippen molar-refractivity contribution >= 4 is 11.9 Å². The summed E-state index contributed by atoms with van der Waals surface area (Å²) in [7, 11) is 0. The van der Waals surface area contributed by atoms with E-state index >= 15 is 0 Å². The van der Waals surface area contributed by atoms with Gasteiger partial charge in [0.05, 0.1) is 6.42 Å². The molecule has 13 heavy (non-hydrogen) atoms. The molecule has 0 radical (unpaired) electrons. The predicted molar refractivity (Wildman–Crippen MR) is 47.4 cm³/mol. The molecular weight excluding hydrogens is 172 g/mol. The highest BCUT2D eigenvalue weighted by Gasteiger charge is 2.14. The van der Waals surface area contributed by atoms with Crippen LogP contribution in [0.25, 0.3) is 0 Å². The van der Waals surface area contributed by atoms with Crippen molar-refractivity contribution < 1.29 is 19.8 Å². The molecule has 0 saturated heterocycles. The second-order valence-electron chi connectivity index (χ2n) is 3.07. The second-order valence-corrected chi connectivity index (χ2v) is 3.07. The van der Waals surface area contributed by atoms with Gasteiger partial charge in [0.1, 0.15) is 0 Å². The van der Waals surface area contributed by atoms with Gasteiger partial charge in [-0.3, -0.25) is 9.59 Å². The predicted octanol–water partition coefficient (Wildman–Crippen LogP) is 1.52. The smallest absolute Gasteiger partial charge is 0.303 e. The summed E-state index contributed by atoms with van der Waals surface area (Å²) < 4.78 is 0. The first-order valence-electron chi connectivity index (χ1n) is 4.02. The molecule has 0 spiro atoms. The van der Waals surface area contributed by atoms with Gasteiger partial charge in [-0.25, -0.2) is 0 Å². The van der Waals surface area contributed by atoms with Crippen molar-refractivity contribution in [1.82, 2.24) is 0 Å². The topological polar surface area (TPSA) is 74.6 Å². The van der Waals surface area contributed by atoms with E-state index in [1.807, 2.05) is 0 Å². The molecule has 74 valence electrons. The van der Waals surface area contributed by atoms with Crippen LogP contribution in [0.1, 0.15) is 26.2 Å². The summed E-state index contributed by atoms with van der Waals surface area (Å²) in [4.78, 5) is 20.6. The van der Waals surface area contributed by atoms with Crippen molar-refractivity contribution in [1.29, 1.82) is 0 Å². The van der Waals surface area contributed by atoms with Crippen LogP contribution in [0.2, 0.25) is 0 Å². The van der Waals surface area contributed by atoms with Crippen molar-refractivity contribution in [3.8, 4) is 0 Å². The van der Waals surface area contributed by atoms with Crippen LogP contribution >= 0.6 is 0 Å². The Bertz CT molecular complexity index is 220. The third-order valence-corrected chi connectivity index (χ3v) is 1.82. The molecule has 0 aliphatic rings. The SMILES string of the molecule is C=C(C)C(CCC(=O)O)CC(=O)O. The monoisotopic (exact) mass is 186 g/mol. The first kappa shape index (κ1) is 11.7. The number of rotatable bonds is 6. The summed E-state index contributed by atoms with van der Waals surface area (Å²) in [6, 6.07) is 0. The number of carboxylic acids is 2. The lowest BCUT2D eigenvalue weighted by Crippen LogP contribution is -2.10. The van der Waals surface area contributed by atoms with Crippen molar-refractivity contribution in [3.63, 3.8) is 0 Å². The lowest BCUT2D eigenvalue weighted by atomic mass is 9.93. The van der Waals surface area contributed by atoms with Gasteiger partial charge >= 0.3 is 11.9 Å². The molecule has 0 heterocycles. The van der Waals surface area contributed by atoms with E-state index in [1.165, 1.54) is 0 Å². The summed E-state index contributed by atoms with van der Waals surface area (Å²) in [5.41, 5.74) is 0.726. The fourth-order valence-corrected chi connectivity index (χ4v) is 1.03. The van der Waals surface area contributed by atoms with Crippen LogP contribution in [0.3, 0.4) is 0 Å². The molecule has 0 rings (SSSR count). The molecule has 4 heteroatoms. The van der Waals surface area contributed by atoms with Gasteiger partial charge in [0, 0.05) is 6.42 Å². The van der Waals surface area contributed by atoms with E-state index in [0.717, 1.165) is 5.57 Å². The van der Waals surface area contributed by atoms with Crippen LogP contribution in [-0.2, 0) is 9.59 Å². The molecule has 1 atom stereocenters. The van der Waals surface area contributed by atoms with Crippen LogP contribution in [-0.4, -0.2) is 22.2 Å². The van der Waals surface area contributed by atoms with Crippen molar-refractivity contribution in [3.05, 3.63) is 12.2 Å². The van der Waals surface area contributed by atoms with E-state index in [-0.39, 0.29) is 18.8 Å². The summed E-state index contributed by atoms with van der Waals surface area (Å²) in [6.45, 7) is 5.35. The summed E-state index contributed by atoms with van der Waals surface area (Å²) in [6.07, 6.45) is 0.296. The van der Waals surface area contributed by atoms with Crippen LogP contribution in [0, 0.1) is 5.92 Å². The standard InChI is InChI=1S/C9H14O4/c1-6(2)7(5-9(12)13)3-4-8(10)11/h7H,1,3-5H2,2H3,(H,10,11)(H,12,13). The summed E-state index contributed by atoms with van der Waals surface area (Å²) in [5.74, 6) is -2.05. The van der Waals surface area contributed by atoms with Crippen molar-refractivity contribution in [2.45, 2.75) is 26.2 Å². The van der Waals surface area contributed by atoms with Gasteiger partial charge in [-0.1, -0.05) is 12.2 Å². The number of carboxylic acid groups (broad SMARTS) is 2. The van der Waals surface area contributed by atoms with Gasteiger partial charge in [-0.2, -0.15) is 0 Å². The van der Waals surface area contributed by atoms with E-state index in [1.54, 1.807) is 6.92 Å². The zero-order valence-electron chi connectivity index (χ0n) is 7.62. The number of carbonyl (C=O) groups is 2. The number of hydrogen-bond donors (Lipinski definition) is 2. The molecule has 0 aromatic heterocycles. The second kappa shape index (κ2) is 5.35. The third-order valence-electron chi connectivity index (χ3n) is 1.82. The minimum atomic E-state index is -0.918. The molecule has 2 N–H and O–H groups in total. The van der Waals surface area contributed by atoms with Gasteiger partial charge in [0.2, 0.25) is 0 Å². The number of hydrogen-bond acceptors (Lipinski definition) is 2. The van der Waals surface area contributed by atoms with Gasteiger partial charge < -0.3 is 10.2 Å². The molecule has 4 nitrogen and oxygen atoms in total. The van der Waals surface area contributed by atoms with E-state index in [0.29, 0.717) is 6.42 Å². The Morgan fingerprint density at radius 1 is 1.31 bits per heavy atom. The van der Waals surface area contributed by atoms with Crippen molar-refractivity contribution in [2.75, 3.05) is 0 Å². The first-order valence-corrected chi connectivity index (χ1v) is 4.02. The zero-order chi connectivity index (χ0) is 10.4. The minimum absolute atomic E-state index is 0.00912. The fraction of sp³-hybridized carbons (Fsp3) is 0.556. The maximum absolute atomic E-state index is 10.4. The Morgan fingerprint density at radius 2 is 1.85 bits per heavy atom. The highest BCUT2D eigenvalue weighted by molar-refractivity contribution is 5.68. The first-order chi connectivity index (χ1) is 5.93. The third kappa shape index (κ3) is 5.90. The average molecular weight is 186 g/mol. The van der Waals surface area contributed by atoms with Crippen LogP contribution in [0.4, 0.5) is 0 Å². The molecule has 0 aromatic carbocycles. The van der Waals surface area contributed by atoms with Crippen molar-refractivity contribution in [2.24, 2.45) is 5.92 Å². The Labute approximate surface area is 76.9 Å². The normalized spacial score (nSPS) is 12.1. The van der Waals surface area contributed by atoms with Gasteiger partial charge in [0.15, 0.2) is 0 Å². The fourth-order valence-electron chi connectivity index (χ4n) is 1.03. The number of allylic oxidation sites excluding steroid dienone is 1. The zero-order valence-corrected chi connectivity index (χ0v) is 7.62. The Morgan fingerprint density at radius 3 is 2.15 bits per heavy atom. The average Bonchev–Trinajstić information content (AvgIpc) is 1.96. The molecular formula is C9H14O4. The Kier molecular flexibility index (Phi) is 4.80. The van der Waals surface area contributed by atoms with Gasteiger partial charge in [-0.15, -0.1) is 0 Å². The quantitative estimate of drug-likeness (QED) is 0.616. The molecule has 0 amide bonds. The van der Waals surface area contributed by atoms with E-state index in [9.17, 15) is 9.59 Å². The molecule has 0 aliphatic carbocycles. The van der Waals surface area contributed by atoms with Gasteiger partial charge in [-0.05, 0) is 19.3 Å². The largest absolute Gasteiger partial charge is 0.481 e. The lowest BCUT2D eigenvalue weighted by Gasteiger charge is -2.12. The van der Waals surface area contributed by atoms with Crippen LogP contribution in [0.5, 0.6) is 0 Å². The minimum Gasteiger partial charge on any atom is -0.481 e. The molecule has 1 unspecified atom stereocenters. The highest BCUT2D eigenvalue weighted by Crippen LogP contribution is 2.19. The Hall–Kier alpha value is -1.32. The summed E-state index contributed by atoms with van der Waals surface area (Å²) >= 11 is 0. The van der Waals surface area contributed by atoms with Crippen LogP contribution < -0.4 is 0 Å². The maximum atomic E-state index is 10.4. The van der Waals surface area contributed by atoms with E-state index in [2.05, 4.69) is 6.58 Å². The number of aliphatic carboxylic acids is 2. The molecule has 0 fully saturated rings. The molecule has 0 aromatic rings. The van der Waals surface area contributed by atoms with E-state index < -0.39 is 11.9 Å². The molecule has 0 aliphatic heterocycles. The maximum Gasteiger partial charge on any atom is 0.303 e.